The number of amides is 1. The van der Waals surface area contributed by atoms with Gasteiger partial charge in [0, 0.05) is 32.6 Å². The number of nitrogens with one attached hydrogen (secondary N) is 2. The quantitative estimate of drug-likeness (QED) is 0.330. The molecule has 9 heteroatoms. The van der Waals surface area contributed by atoms with Crippen molar-refractivity contribution in [1.29, 1.82) is 0 Å². The molecule has 0 unspecified atom stereocenters. The van der Waals surface area contributed by atoms with Gasteiger partial charge in [-0.1, -0.05) is 30.7 Å². The highest BCUT2D eigenvalue weighted by Gasteiger charge is 2.27. The predicted molar refractivity (Wildman–Crippen MR) is 115 cm³/mol. The van der Waals surface area contributed by atoms with Crippen molar-refractivity contribution < 1.29 is 22.7 Å². The van der Waals surface area contributed by atoms with E-state index in [2.05, 4.69) is 15.6 Å². The number of benzene rings is 1. The summed E-state index contributed by atoms with van der Waals surface area (Å²) in [6.07, 6.45) is 0.340. The number of hydrogen-bond acceptors (Lipinski definition) is 3. The third-order valence-electron chi connectivity index (χ3n) is 4.86. The fraction of sp³-hybridized carbons (Fsp3) is 0.636. The number of carbonyl (C=O) groups excluding carboxylic acids is 1. The molecule has 1 fully saturated rings. The van der Waals surface area contributed by atoms with E-state index in [-0.39, 0.29) is 12.5 Å². The van der Waals surface area contributed by atoms with Crippen LogP contribution in [0.15, 0.2) is 29.3 Å². The summed E-state index contributed by atoms with van der Waals surface area (Å²) in [6.45, 7) is 4.01. The van der Waals surface area contributed by atoms with Crippen LogP contribution in [0.1, 0.15) is 50.2 Å². The third-order valence-corrected chi connectivity index (χ3v) is 4.86. The van der Waals surface area contributed by atoms with Gasteiger partial charge < -0.3 is 20.3 Å². The Bertz CT molecular complexity index is 710. The SMILES string of the molecule is CCNC(=NCc1cccc(COCC(F)(F)F)c1)NCCCN1CCCCCC1=O. The number of halogens is 3. The van der Waals surface area contributed by atoms with E-state index in [1.54, 1.807) is 18.2 Å². The van der Waals surface area contributed by atoms with Crippen molar-refractivity contribution in [2.75, 3.05) is 32.8 Å². The molecule has 0 bridgehead atoms. The largest absolute Gasteiger partial charge is 0.411 e. The van der Waals surface area contributed by atoms with Gasteiger partial charge in [-0.15, -0.1) is 0 Å². The molecule has 1 saturated heterocycles. The molecule has 0 spiro atoms. The van der Waals surface area contributed by atoms with Gasteiger partial charge in [-0.05, 0) is 37.3 Å². The standard InChI is InChI=1S/C22H33F3N4O2/c1-2-26-21(27-11-7-13-29-12-5-3-4-10-20(29)30)28-15-18-8-6-9-19(14-18)16-31-17-22(23,24)25/h6,8-9,14H,2-5,7,10-13,15-17H2,1H3,(H2,26,27,28). The van der Waals surface area contributed by atoms with Crippen LogP contribution in [0.5, 0.6) is 0 Å². The highest BCUT2D eigenvalue weighted by molar-refractivity contribution is 5.79. The Morgan fingerprint density at radius 1 is 1.19 bits per heavy atom. The third kappa shape index (κ3) is 10.5. The molecule has 6 nitrogen and oxygen atoms in total. The van der Waals surface area contributed by atoms with Crippen LogP contribution in [0.2, 0.25) is 0 Å². The first-order valence-electron chi connectivity index (χ1n) is 10.9. The van der Waals surface area contributed by atoms with E-state index in [9.17, 15) is 18.0 Å². The summed E-state index contributed by atoms with van der Waals surface area (Å²) in [7, 11) is 0. The molecule has 1 aliphatic heterocycles. The molecule has 0 saturated carbocycles. The molecule has 2 rings (SSSR count). The van der Waals surface area contributed by atoms with Crippen molar-refractivity contribution in [2.24, 2.45) is 4.99 Å². The van der Waals surface area contributed by atoms with Gasteiger partial charge >= 0.3 is 6.18 Å². The average molecular weight is 443 g/mol. The molecule has 1 aromatic carbocycles. The van der Waals surface area contributed by atoms with E-state index < -0.39 is 12.8 Å². The first-order chi connectivity index (χ1) is 14.9. The molecule has 2 N–H and O–H groups in total. The number of alkyl halides is 3. The number of guanidine groups is 1. The fourth-order valence-corrected chi connectivity index (χ4v) is 3.37. The van der Waals surface area contributed by atoms with Crippen LogP contribution in [-0.4, -0.2) is 55.7 Å². The minimum absolute atomic E-state index is 0.0927. The average Bonchev–Trinajstić information content (AvgIpc) is 2.92. The van der Waals surface area contributed by atoms with Crippen LogP contribution in [0.4, 0.5) is 13.2 Å². The summed E-state index contributed by atoms with van der Waals surface area (Å²) >= 11 is 0. The molecule has 1 aliphatic rings. The van der Waals surface area contributed by atoms with E-state index >= 15 is 0 Å². The van der Waals surface area contributed by atoms with E-state index in [1.165, 1.54) is 0 Å². The van der Waals surface area contributed by atoms with Gasteiger partial charge in [0.15, 0.2) is 5.96 Å². The Morgan fingerprint density at radius 2 is 2.00 bits per heavy atom. The maximum atomic E-state index is 12.2. The number of hydrogen-bond donors (Lipinski definition) is 2. The lowest BCUT2D eigenvalue weighted by atomic mass is 10.1. The minimum atomic E-state index is -4.32. The second-order valence-electron chi connectivity index (χ2n) is 7.59. The topological polar surface area (TPSA) is 66.0 Å². The minimum Gasteiger partial charge on any atom is -0.367 e. The second-order valence-corrected chi connectivity index (χ2v) is 7.59. The van der Waals surface area contributed by atoms with Crippen LogP contribution >= 0.6 is 0 Å². The number of nitrogens with zero attached hydrogens (tertiary/aromatic N) is 2. The highest BCUT2D eigenvalue weighted by Crippen LogP contribution is 2.16. The van der Waals surface area contributed by atoms with Crippen molar-refractivity contribution in [3.8, 4) is 0 Å². The van der Waals surface area contributed by atoms with E-state index in [0.29, 0.717) is 37.6 Å². The Hall–Kier alpha value is -2.29. The lowest BCUT2D eigenvalue weighted by Crippen LogP contribution is -2.39. The lowest BCUT2D eigenvalue weighted by Gasteiger charge is -2.20. The molecular formula is C22H33F3N4O2. The number of aliphatic imine (C=N–C) groups is 1. The van der Waals surface area contributed by atoms with Gasteiger partial charge in [0.05, 0.1) is 13.2 Å². The van der Waals surface area contributed by atoms with Gasteiger partial charge in [0.25, 0.3) is 0 Å². The molecule has 1 heterocycles. The molecule has 174 valence electrons. The number of rotatable bonds is 10. The van der Waals surface area contributed by atoms with Crippen molar-refractivity contribution in [3.05, 3.63) is 35.4 Å². The summed E-state index contributed by atoms with van der Waals surface area (Å²) in [4.78, 5) is 18.6. The van der Waals surface area contributed by atoms with Crippen molar-refractivity contribution in [1.82, 2.24) is 15.5 Å². The molecule has 0 radical (unpaired) electrons. The smallest absolute Gasteiger partial charge is 0.367 e. The van der Waals surface area contributed by atoms with Crippen molar-refractivity contribution in [2.45, 2.75) is 58.4 Å². The lowest BCUT2D eigenvalue weighted by molar-refractivity contribution is -0.176. The first-order valence-corrected chi connectivity index (χ1v) is 10.9. The molecule has 0 aromatic heterocycles. The van der Waals surface area contributed by atoms with Gasteiger partial charge in [-0.3, -0.25) is 4.79 Å². The molecular weight excluding hydrogens is 409 g/mol. The summed E-state index contributed by atoms with van der Waals surface area (Å²) in [5.74, 6) is 0.917. The van der Waals surface area contributed by atoms with Crippen LogP contribution in [0, 0.1) is 0 Å². The van der Waals surface area contributed by atoms with Gasteiger partial charge in [0.1, 0.15) is 6.61 Å². The normalized spacial score (nSPS) is 15.7. The monoisotopic (exact) mass is 442 g/mol. The fourth-order valence-electron chi connectivity index (χ4n) is 3.37. The van der Waals surface area contributed by atoms with Gasteiger partial charge in [-0.2, -0.15) is 13.2 Å². The Balaban J connectivity index is 1.79. The summed E-state index contributed by atoms with van der Waals surface area (Å²) in [5, 5.41) is 6.46. The van der Waals surface area contributed by atoms with Crippen molar-refractivity contribution in [3.63, 3.8) is 0 Å². The maximum Gasteiger partial charge on any atom is 0.411 e. The van der Waals surface area contributed by atoms with Crippen LogP contribution in [0.3, 0.4) is 0 Å². The van der Waals surface area contributed by atoms with Crippen LogP contribution < -0.4 is 10.6 Å². The number of carbonyl (C=O) groups is 1. The highest BCUT2D eigenvalue weighted by atomic mass is 19.4. The Kier molecular flexibility index (Phi) is 10.6. The number of ether oxygens (including phenoxy) is 1. The molecule has 0 atom stereocenters. The molecule has 31 heavy (non-hydrogen) atoms. The number of likely N-dealkylation sites (tertiary alicyclic amines) is 1. The molecule has 1 aromatic rings. The summed E-state index contributed by atoms with van der Waals surface area (Å²) < 4.78 is 41.4. The van der Waals surface area contributed by atoms with Crippen molar-refractivity contribution >= 4 is 11.9 Å². The first kappa shape index (κ1) is 25.0. The van der Waals surface area contributed by atoms with Crippen LogP contribution in [-0.2, 0) is 22.7 Å². The zero-order chi connectivity index (χ0) is 22.5. The van der Waals surface area contributed by atoms with E-state index in [4.69, 9.17) is 4.74 Å². The zero-order valence-electron chi connectivity index (χ0n) is 18.1. The van der Waals surface area contributed by atoms with Gasteiger partial charge in [-0.25, -0.2) is 4.99 Å². The van der Waals surface area contributed by atoms with Crippen LogP contribution in [0.25, 0.3) is 0 Å². The van der Waals surface area contributed by atoms with E-state index in [0.717, 1.165) is 44.3 Å². The molecule has 1 amide bonds. The molecule has 0 aliphatic carbocycles. The summed E-state index contributed by atoms with van der Waals surface area (Å²) in [6, 6.07) is 7.20. The summed E-state index contributed by atoms with van der Waals surface area (Å²) in [5.41, 5.74) is 1.57. The predicted octanol–water partition coefficient (Wildman–Crippen LogP) is 3.61. The Labute approximate surface area is 182 Å². The maximum absolute atomic E-state index is 12.2. The zero-order valence-corrected chi connectivity index (χ0v) is 18.1. The van der Waals surface area contributed by atoms with Gasteiger partial charge in [0.2, 0.25) is 5.91 Å². The Morgan fingerprint density at radius 3 is 2.77 bits per heavy atom. The second kappa shape index (κ2) is 13.2. The van der Waals surface area contributed by atoms with E-state index in [1.807, 2.05) is 17.9 Å².